The molecule has 0 aliphatic rings. The number of benzene rings is 2. The topological polar surface area (TPSA) is 297 Å². The molecule has 8 N–H and O–H groups in total. The van der Waals surface area contributed by atoms with E-state index in [0.717, 1.165) is 24.5 Å². The van der Waals surface area contributed by atoms with E-state index in [1.54, 1.807) is 0 Å². The maximum absolute atomic E-state index is 13.0. The van der Waals surface area contributed by atoms with Gasteiger partial charge in [0, 0.05) is 18.0 Å². The molecule has 0 fully saturated rings. The lowest BCUT2D eigenvalue weighted by Gasteiger charge is -2.10. The van der Waals surface area contributed by atoms with Crippen LogP contribution in [-0.2, 0) is 19.4 Å². The molecule has 2 heterocycles. The predicted octanol–water partition coefficient (Wildman–Crippen LogP) is 3.82. The molecule has 20 nitrogen and oxygen atoms in total. The van der Waals surface area contributed by atoms with E-state index in [9.17, 15) is 49.7 Å². The van der Waals surface area contributed by atoms with Gasteiger partial charge in [0.15, 0.2) is 0 Å². The summed E-state index contributed by atoms with van der Waals surface area (Å²) in [5.41, 5.74) is 0.884. The third-order valence-corrected chi connectivity index (χ3v) is 8.00. The van der Waals surface area contributed by atoms with E-state index in [1.165, 1.54) is 38.2 Å². The van der Waals surface area contributed by atoms with Crippen LogP contribution in [0.3, 0.4) is 0 Å². The van der Waals surface area contributed by atoms with Gasteiger partial charge in [-0.05, 0) is 50.2 Å². The number of nitrogens with one attached hydrogen (secondary N) is 4. The highest BCUT2D eigenvalue weighted by atomic mass is 35.5. The number of hydrogen-bond acceptors (Lipinski definition) is 11. The van der Waals surface area contributed by atoms with Gasteiger partial charge in [-0.1, -0.05) is 23.2 Å². The molecule has 0 atom stereocenters. The molecule has 4 rings (SSSR count). The summed E-state index contributed by atoms with van der Waals surface area (Å²) in [5.74, 6) is -4.25. The fraction of sp³-hybridized carbons (Fsp3) is 0.207. The van der Waals surface area contributed by atoms with Gasteiger partial charge in [0.05, 0.1) is 51.8 Å². The number of sulfonamides is 1. The Morgan fingerprint density at radius 2 is 1.65 bits per heavy atom. The van der Waals surface area contributed by atoms with Crippen molar-refractivity contribution < 1.29 is 64.9 Å². The summed E-state index contributed by atoms with van der Waals surface area (Å²) in [6, 6.07) is 6.79. The Hall–Kier alpha value is -5.43. The fourth-order valence-electron chi connectivity index (χ4n) is 3.98. The maximum Gasteiger partial charge on any atom is 0.355 e. The number of carboxylic acid groups (broad SMARTS) is 2. The van der Waals surface area contributed by atoms with Gasteiger partial charge in [0.25, 0.3) is 0 Å². The molecular weight excluding hydrogens is 860 g/mol. The minimum absolute atomic E-state index is 0.0257. The van der Waals surface area contributed by atoms with Gasteiger partial charge in [-0.3, -0.25) is 24.4 Å². The van der Waals surface area contributed by atoms with Crippen LogP contribution in [-0.4, -0.2) is 90.5 Å². The van der Waals surface area contributed by atoms with Crippen LogP contribution in [0.5, 0.6) is 0 Å². The minimum Gasteiger partial charge on any atom is -0.480 e. The molecule has 310 valence electrons. The fourth-order valence-corrected chi connectivity index (χ4v) is 5.52. The number of rotatable bonds is 12. The molecule has 0 unspecified atom stereocenters. The quantitative estimate of drug-likeness (QED) is 0.0435. The number of hydrogen-bond donors (Lipinski definition) is 8. The van der Waals surface area contributed by atoms with E-state index >= 15 is 0 Å². The molecule has 4 aromatic rings. The Kier molecular flexibility index (Phi) is 17.3. The van der Waals surface area contributed by atoms with Crippen molar-refractivity contribution in [2.45, 2.75) is 20.4 Å². The Morgan fingerprint density at radius 1 is 1.04 bits per heavy atom. The summed E-state index contributed by atoms with van der Waals surface area (Å²) in [6.07, 6.45) is 1.69. The third kappa shape index (κ3) is 15.9. The number of aromatic nitrogens is 4. The van der Waals surface area contributed by atoms with Gasteiger partial charge in [-0.25, -0.2) is 41.6 Å². The first-order valence-corrected chi connectivity index (χ1v) is 19.4. The molecule has 57 heavy (non-hydrogen) atoms. The van der Waals surface area contributed by atoms with Crippen LogP contribution in [0.1, 0.15) is 35.3 Å². The molecule has 0 saturated carbocycles. The summed E-state index contributed by atoms with van der Waals surface area (Å²) in [4.78, 5) is 64.8. The van der Waals surface area contributed by atoms with E-state index < -0.39 is 72.3 Å². The van der Waals surface area contributed by atoms with Gasteiger partial charge in [-0.15, -0.1) is 5.10 Å². The molecule has 0 radical (unpaired) electrons. The van der Waals surface area contributed by atoms with Crippen LogP contribution in [0, 0.1) is 18.6 Å². The number of anilines is 2. The molecule has 2 amide bonds. The molecule has 28 heteroatoms. The lowest BCUT2D eigenvalue weighted by atomic mass is 10.1. The van der Waals surface area contributed by atoms with E-state index in [-0.39, 0.29) is 54.5 Å². The molecule has 0 aliphatic heterocycles. The SMILES string of the molecule is C/C(=N\NC(=O)Nc1cc(F)cc(F)c1)c1ncccc1C(=O)O.Cc1nn(-c2cc(NS(C)(=O)=O)c(Cl)cc2Cl)c(=O)n1C(F)F.O=C(O)CNCP(=O)(O)O. The predicted molar refractivity (Wildman–Crippen MR) is 197 cm³/mol. The largest absolute Gasteiger partial charge is 0.480 e. The smallest absolute Gasteiger partial charge is 0.355 e. The minimum atomic E-state index is -4.10. The second kappa shape index (κ2) is 20.7. The first-order chi connectivity index (χ1) is 26.3. The molecule has 2 aromatic carbocycles. The number of alkyl halides is 2. The standard InChI is InChI=1S/C15H12F2N4O3.C11H10Cl2F2N4O3S.C3H8NO5P/c1-8(13-12(14(22)23)3-2-4-18-13)20-21-15(24)19-11-6-9(16)5-10(17)7-11;1-5-16-19(11(20)18(5)10(14)15)9-4-8(17-23(2,21)22)6(12)3-7(9)13;5-3(6)1-4-2-10(7,8)9/h2-7H,1H3,(H,22,23)(H2,19,21,24);3-4,10,17H,1-2H3;4H,1-2H2,(H,5,6)(H2,7,8,9)/b20-8+;;. The first kappa shape index (κ1) is 47.7. The summed E-state index contributed by atoms with van der Waals surface area (Å²) >= 11 is 11.8. The zero-order valence-corrected chi connectivity index (χ0v) is 32.3. The maximum atomic E-state index is 13.0. The molecule has 0 spiro atoms. The summed E-state index contributed by atoms with van der Waals surface area (Å²) in [7, 11) is -7.74. The number of carbonyl (C=O) groups excluding carboxylic acids is 1. The molecule has 0 saturated heterocycles. The lowest BCUT2D eigenvalue weighted by molar-refractivity contribution is -0.135. The van der Waals surface area contributed by atoms with Crippen molar-refractivity contribution in [2.24, 2.45) is 5.10 Å². The van der Waals surface area contributed by atoms with Crippen molar-refractivity contribution in [3.63, 3.8) is 0 Å². The van der Waals surface area contributed by atoms with Crippen molar-refractivity contribution in [2.75, 3.05) is 29.1 Å². The average Bonchev–Trinajstić information content (AvgIpc) is 3.36. The Bertz CT molecular complexity index is 2360. The number of nitrogens with zero attached hydrogens (tertiary/aromatic N) is 5. The number of carboxylic acids is 2. The average molecular weight is 891 g/mol. The van der Waals surface area contributed by atoms with Crippen molar-refractivity contribution in [3.8, 4) is 5.69 Å². The van der Waals surface area contributed by atoms with E-state index in [0.29, 0.717) is 10.7 Å². The van der Waals surface area contributed by atoms with Gasteiger partial charge in [0.2, 0.25) is 10.0 Å². The van der Waals surface area contributed by atoms with Gasteiger partial charge in [0.1, 0.15) is 23.2 Å². The van der Waals surface area contributed by atoms with E-state index in [2.05, 4.69) is 36.0 Å². The molecule has 0 bridgehead atoms. The normalized spacial score (nSPS) is 11.5. The number of aromatic carboxylic acids is 1. The Labute approximate surface area is 328 Å². The number of hydrazone groups is 1. The zero-order chi connectivity index (χ0) is 43.4. The molecule has 2 aromatic heterocycles. The zero-order valence-electron chi connectivity index (χ0n) is 29.1. The number of urea groups is 1. The van der Waals surface area contributed by atoms with Crippen LogP contribution in [0.2, 0.25) is 10.0 Å². The number of pyridine rings is 1. The number of aliphatic carboxylic acids is 1. The van der Waals surface area contributed by atoms with Crippen molar-refractivity contribution >= 4 is 75.9 Å². The van der Waals surface area contributed by atoms with Crippen LogP contribution in [0.15, 0.2) is 58.6 Å². The van der Waals surface area contributed by atoms with Crippen molar-refractivity contribution in [1.29, 1.82) is 0 Å². The molecular formula is C29H30Cl2F4N9O11PS. The van der Waals surface area contributed by atoms with Gasteiger partial charge < -0.3 is 25.3 Å². The number of halogens is 6. The monoisotopic (exact) mass is 889 g/mol. The third-order valence-electron chi connectivity index (χ3n) is 6.16. The van der Waals surface area contributed by atoms with E-state index in [1.807, 2.05) is 0 Å². The summed E-state index contributed by atoms with van der Waals surface area (Å²) in [6.45, 7) is -0.832. The van der Waals surface area contributed by atoms with Crippen LogP contribution >= 0.6 is 30.8 Å². The summed E-state index contributed by atoms with van der Waals surface area (Å²) in [5, 5.41) is 28.7. The Morgan fingerprint density at radius 3 is 2.16 bits per heavy atom. The molecule has 0 aliphatic carbocycles. The van der Waals surface area contributed by atoms with Crippen LogP contribution in [0.25, 0.3) is 5.69 Å². The second-order valence-corrected chi connectivity index (χ2v) is 15.0. The van der Waals surface area contributed by atoms with Gasteiger partial charge in [-0.2, -0.15) is 18.6 Å². The highest BCUT2D eigenvalue weighted by Crippen LogP contribution is 2.32. The van der Waals surface area contributed by atoms with Crippen LogP contribution in [0.4, 0.5) is 33.7 Å². The van der Waals surface area contributed by atoms with Crippen molar-refractivity contribution in [3.05, 3.63) is 97.9 Å². The van der Waals surface area contributed by atoms with E-state index in [4.69, 9.17) is 43.2 Å². The lowest BCUT2D eigenvalue weighted by Crippen LogP contribution is -2.26. The number of aryl methyl sites for hydroxylation is 1. The number of amides is 2. The van der Waals surface area contributed by atoms with Crippen molar-refractivity contribution in [1.82, 2.24) is 30.1 Å². The first-order valence-electron chi connectivity index (χ1n) is 15.0. The summed E-state index contributed by atoms with van der Waals surface area (Å²) < 4.78 is 87.4. The van der Waals surface area contributed by atoms with Crippen LogP contribution < -0.4 is 26.5 Å². The Balaban J connectivity index is 0.000000320. The second-order valence-electron chi connectivity index (χ2n) is 10.8. The highest BCUT2D eigenvalue weighted by Gasteiger charge is 2.21. The number of carbonyl (C=O) groups is 3. The highest BCUT2D eigenvalue weighted by molar-refractivity contribution is 7.92. The van der Waals surface area contributed by atoms with Gasteiger partial charge >= 0.3 is 37.8 Å².